The number of hydrogen-bond donors (Lipinski definition) is 1. The molecule has 20 heavy (non-hydrogen) atoms. The van der Waals surface area contributed by atoms with Crippen LogP contribution in [0.4, 0.5) is 0 Å². The first-order chi connectivity index (χ1) is 9.43. The van der Waals surface area contributed by atoms with Gasteiger partial charge in [0.05, 0.1) is 6.10 Å². The largest absolute Gasteiger partial charge is 0.376 e. The lowest BCUT2D eigenvalue weighted by atomic mass is 9.83. The topological polar surface area (TPSA) is 35.2 Å². The summed E-state index contributed by atoms with van der Waals surface area (Å²) in [6.45, 7) is 11.8. The van der Waals surface area contributed by atoms with Gasteiger partial charge in [0.25, 0.3) is 0 Å². The smallest absolute Gasteiger partial charge is 0.0773 e. The molecule has 0 aromatic heterocycles. The Morgan fingerprint density at radius 3 is 1.80 bits per heavy atom. The maximum atomic E-state index is 6.35. The average molecular weight is 286 g/mol. The van der Waals surface area contributed by atoms with E-state index in [4.69, 9.17) is 10.5 Å². The lowest BCUT2D eigenvalue weighted by Gasteiger charge is -2.35. The van der Waals surface area contributed by atoms with Gasteiger partial charge in [-0.1, -0.05) is 79.1 Å². The molecular weight excluding hydrogens is 246 g/mol. The number of ether oxygens (including phenoxy) is 1. The molecule has 0 spiro atoms. The molecule has 0 bridgehead atoms. The Morgan fingerprint density at radius 1 is 0.850 bits per heavy atom. The van der Waals surface area contributed by atoms with Gasteiger partial charge in [0.2, 0.25) is 0 Å². The second kappa shape index (κ2) is 11.6. The molecule has 0 aliphatic heterocycles. The molecule has 2 heteroatoms. The minimum absolute atomic E-state index is 0.135. The van der Waals surface area contributed by atoms with Crippen molar-refractivity contribution >= 4 is 0 Å². The second-order valence-electron chi connectivity index (χ2n) is 7.17. The third-order valence-corrected chi connectivity index (χ3v) is 3.98. The van der Waals surface area contributed by atoms with Gasteiger partial charge >= 0.3 is 0 Å². The molecule has 2 N–H and O–H groups in total. The zero-order valence-electron chi connectivity index (χ0n) is 14.7. The van der Waals surface area contributed by atoms with Crippen LogP contribution in [0.3, 0.4) is 0 Å². The first kappa shape index (κ1) is 19.9. The Balaban J connectivity index is 3.71. The fraction of sp³-hybridized carbons (Fsp3) is 1.00. The molecule has 0 saturated carbocycles. The summed E-state index contributed by atoms with van der Waals surface area (Å²) >= 11 is 0. The lowest BCUT2D eigenvalue weighted by Crippen LogP contribution is -2.45. The van der Waals surface area contributed by atoms with Crippen molar-refractivity contribution < 1.29 is 4.74 Å². The molecule has 2 nitrogen and oxygen atoms in total. The molecule has 0 aromatic rings. The van der Waals surface area contributed by atoms with Crippen LogP contribution in [0.5, 0.6) is 0 Å². The highest BCUT2D eigenvalue weighted by atomic mass is 16.5. The summed E-state index contributed by atoms with van der Waals surface area (Å²) in [5.74, 6) is 0. The SMILES string of the molecule is CCCCCCCCCCC(N)C(OCC)C(C)(C)C. The van der Waals surface area contributed by atoms with Crippen molar-refractivity contribution in [2.75, 3.05) is 6.61 Å². The van der Waals surface area contributed by atoms with Crippen LogP contribution in [-0.4, -0.2) is 18.8 Å². The molecule has 2 atom stereocenters. The quantitative estimate of drug-likeness (QED) is 0.494. The van der Waals surface area contributed by atoms with Crippen LogP contribution >= 0.6 is 0 Å². The molecule has 0 aromatic carbocycles. The lowest BCUT2D eigenvalue weighted by molar-refractivity contribution is -0.0294. The maximum Gasteiger partial charge on any atom is 0.0773 e. The Bertz CT molecular complexity index is 210. The zero-order chi connectivity index (χ0) is 15.4. The molecule has 0 radical (unpaired) electrons. The van der Waals surface area contributed by atoms with Crippen LogP contribution in [0.15, 0.2) is 0 Å². The van der Waals surface area contributed by atoms with E-state index in [-0.39, 0.29) is 17.6 Å². The van der Waals surface area contributed by atoms with E-state index >= 15 is 0 Å². The second-order valence-corrected chi connectivity index (χ2v) is 7.17. The minimum atomic E-state index is 0.135. The van der Waals surface area contributed by atoms with Crippen LogP contribution in [-0.2, 0) is 4.74 Å². The van der Waals surface area contributed by atoms with E-state index in [1.54, 1.807) is 0 Å². The standard InChI is InChI=1S/C18H39NO/c1-6-8-9-10-11-12-13-14-15-16(19)17(20-7-2)18(3,4)5/h16-17H,6-15,19H2,1-5H3. The van der Waals surface area contributed by atoms with Crippen LogP contribution < -0.4 is 5.73 Å². The fourth-order valence-electron chi connectivity index (χ4n) is 2.86. The van der Waals surface area contributed by atoms with Crippen molar-refractivity contribution in [2.45, 2.75) is 105 Å². The average Bonchev–Trinajstić information content (AvgIpc) is 2.37. The van der Waals surface area contributed by atoms with Gasteiger partial charge in [-0.05, 0) is 18.8 Å². The molecular formula is C18H39NO. The third-order valence-electron chi connectivity index (χ3n) is 3.98. The number of nitrogens with two attached hydrogens (primary N) is 1. The van der Waals surface area contributed by atoms with Gasteiger partial charge in [0.15, 0.2) is 0 Å². The Morgan fingerprint density at radius 2 is 1.35 bits per heavy atom. The van der Waals surface area contributed by atoms with Crippen LogP contribution in [0.25, 0.3) is 0 Å². The van der Waals surface area contributed by atoms with Crippen molar-refractivity contribution in [1.82, 2.24) is 0 Å². The van der Waals surface area contributed by atoms with E-state index in [9.17, 15) is 0 Å². The van der Waals surface area contributed by atoms with E-state index in [2.05, 4.69) is 34.6 Å². The van der Waals surface area contributed by atoms with Gasteiger partial charge in [-0.25, -0.2) is 0 Å². The first-order valence-corrected chi connectivity index (χ1v) is 8.80. The molecule has 0 heterocycles. The number of rotatable bonds is 12. The highest BCUT2D eigenvalue weighted by Crippen LogP contribution is 2.26. The van der Waals surface area contributed by atoms with E-state index < -0.39 is 0 Å². The Kier molecular flexibility index (Phi) is 11.5. The zero-order valence-corrected chi connectivity index (χ0v) is 14.7. The van der Waals surface area contributed by atoms with E-state index in [0.717, 1.165) is 13.0 Å². The highest BCUT2D eigenvalue weighted by molar-refractivity contribution is 4.84. The summed E-state index contributed by atoms with van der Waals surface area (Å²) in [4.78, 5) is 0. The van der Waals surface area contributed by atoms with Crippen molar-refractivity contribution in [3.63, 3.8) is 0 Å². The molecule has 0 saturated heterocycles. The fourth-order valence-corrected chi connectivity index (χ4v) is 2.86. The molecule has 0 rings (SSSR count). The van der Waals surface area contributed by atoms with Crippen LogP contribution in [0, 0.1) is 5.41 Å². The van der Waals surface area contributed by atoms with E-state index in [1.165, 1.54) is 51.4 Å². The monoisotopic (exact) mass is 285 g/mol. The van der Waals surface area contributed by atoms with Crippen molar-refractivity contribution in [3.05, 3.63) is 0 Å². The van der Waals surface area contributed by atoms with Crippen molar-refractivity contribution in [3.8, 4) is 0 Å². The van der Waals surface area contributed by atoms with Gasteiger partial charge in [0, 0.05) is 12.6 Å². The van der Waals surface area contributed by atoms with E-state index in [1.807, 2.05) is 0 Å². The van der Waals surface area contributed by atoms with Gasteiger partial charge in [-0.2, -0.15) is 0 Å². The number of unbranched alkanes of at least 4 members (excludes halogenated alkanes) is 7. The molecule has 0 aliphatic carbocycles. The summed E-state index contributed by atoms with van der Waals surface area (Å²) in [6, 6.07) is 0.176. The molecule has 122 valence electrons. The van der Waals surface area contributed by atoms with Gasteiger partial charge in [-0.3, -0.25) is 0 Å². The predicted molar refractivity (Wildman–Crippen MR) is 90.1 cm³/mol. The predicted octanol–water partition coefficient (Wildman–Crippen LogP) is 5.30. The summed E-state index contributed by atoms with van der Waals surface area (Å²) < 4.78 is 5.87. The summed E-state index contributed by atoms with van der Waals surface area (Å²) in [5, 5.41) is 0. The van der Waals surface area contributed by atoms with Gasteiger partial charge in [-0.15, -0.1) is 0 Å². The normalized spacial score (nSPS) is 15.3. The van der Waals surface area contributed by atoms with Crippen molar-refractivity contribution in [1.29, 1.82) is 0 Å². The third kappa shape index (κ3) is 9.77. The molecule has 2 unspecified atom stereocenters. The van der Waals surface area contributed by atoms with E-state index in [0.29, 0.717) is 0 Å². The summed E-state index contributed by atoms with van der Waals surface area (Å²) in [5.41, 5.74) is 6.48. The molecule has 0 fully saturated rings. The van der Waals surface area contributed by atoms with Gasteiger partial charge < -0.3 is 10.5 Å². The Hall–Kier alpha value is -0.0800. The van der Waals surface area contributed by atoms with Crippen molar-refractivity contribution in [2.24, 2.45) is 11.1 Å². The van der Waals surface area contributed by atoms with Crippen LogP contribution in [0.2, 0.25) is 0 Å². The molecule has 0 amide bonds. The summed E-state index contributed by atoms with van der Waals surface area (Å²) in [7, 11) is 0. The highest BCUT2D eigenvalue weighted by Gasteiger charge is 2.30. The minimum Gasteiger partial charge on any atom is -0.376 e. The summed E-state index contributed by atoms with van der Waals surface area (Å²) in [6.07, 6.45) is 12.1. The van der Waals surface area contributed by atoms with Crippen LogP contribution in [0.1, 0.15) is 92.4 Å². The maximum absolute atomic E-state index is 6.35. The molecule has 0 aliphatic rings. The Labute approximate surface area is 127 Å². The van der Waals surface area contributed by atoms with Gasteiger partial charge in [0.1, 0.15) is 0 Å². The first-order valence-electron chi connectivity index (χ1n) is 8.80. The number of hydrogen-bond acceptors (Lipinski definition) is 2.